The Kier molecular flexibility index (Phi) is 5.79. The maximum absolute atomic E-state index is 13.0. The molecule has 0 bridgehead atoms. The normalized spacial score (nSPS) is 19.0. The third kappa shape index (κ3) is 4.66. The molecule has 3 rings (SSSR count). The second kappa shape index (κ2) is 8.08. The highest BCUT2D eigenvalue weighted by molar-refractivity contribution is 5.79. The molecule has 1 N–H and O–H groups in total. The molecule has 1 amide bonds. The molecule has 0 saturated carbocycles. The summed E-state index contributed by atoms with van der Waals surface area (Å²) < 4.78 is 38.1. The minimum atomic E-state index is -4.35. The fourth-order valence-electron chi connectivity index (χ4n) is 3.39. The van der Waals surface area contributed by atoms with Gasteiger partial charge in [0.1, 0.15) is 0 Å². The molecule has 2 atom stereocenters. The molecule has 1 aromatic heterocycles. The molecule has 27 heavy (non-hydrogen) atoms. The summed E-state index contributed by atoms with van der Waals surface area (Å²) >= 11 is 0. The van der Waals surface area contributed by atoms with Crippen LogP contribution < -0.4 is 5.32 Å². The van der Waals surface area contributed by atoms with E-state index in [4.69, 9.17) is 0 Å². The van der Waals surface area contributed by atoms with Crippen molar-refractivity contribution in [2.24, 2.45) is 5.92 Å². The van der Waals surface area contributed by atoms with E-state index in [1.54, 1.807) is 12.4 Å². The Morgan fingerprint density at radius 1 is 1.30 bits per heavy atom. The van der Waals surface area contributed by atoms with E-state index in [2.05, 4.69) is 10.3 Å². The van der Waals surface area contributed by atoms with E-state index in [0.717, 1.165) is 29.8 Å². The van der Waals surface area contributed by atoms with Gasteiger partial charge in [-0.3, -0.25) is 9.78 Å². The van der Waals surface area contributed by atoms with Crippen LogP contribution in [-0.4, -0.2) is 35.4 Å². The minimum absolute atomic E-state index is 0.00486. The number of hydrogen-bond donors (Lipinski definition) is 1. The lowest BCUT2D eigenvalue weighted by atomic mass is 9.96. The first-order chi connectivity index (χ1) is 12.9. The van der Waals surface area contributed by atoms with E-state index in [-0.39, 0.29) is 17.9 Å². The average Bonchev–Trinajstić information content (AvgIpc) is 2.68. The molecule has 1 saturated heterocycles. The number of piperazine rings is 1. The lowest BCUT2D eigenvalue weighted by Gasteiger charge is -2.38. The first-order valence-corrected chi connectivity index (χ1v) is 8.93. The first kappa shape index (κ1) is 19.4. The van der Waals surface area contributed by atoms with E-state index >= 15 is 0 Å². The predicted molar refractivity (Wildman–Crippen MR) is 95.9 cm³/mol. The van der Waals surface area contributed by atoms with Gasteiger partial charge in [0.25, 0.3) is 0 Å². The van der Waals surface area contributed by atoms with Gasteiger partial charge in [-0.25, -0.2) is 0 Å². The minimum Gasteiger partial charge on any atom is -0.333 e. The highest BCUT2D eigenvalue weighted by Crippen LogP contribution is 2.30. The van der Waals surface area contributed by atoms with Crippen molar-refractivity contribution in [2.45, 2.75) is 25.6 Å². The van der Waals surface area contributed by atoms with E-state index in [1.165, 1.54) is 12.1 Å². The van der Waals surface area contributed by atoms with Gasteiger partial charge in [-0.1, -0.05) is 25.1 Å². The third-order valence-corrected chi connectivity index (χ3v) is 4.84. The van der Waals surface area contributed by atoms with Crippen LogP contribution in [0.4, 0.5) is 13.2 Å². The number of aromatic nitrogens is 1. The molecule has 2 unspecified atom stereocenters. The summed E-state index contributed by atoms with van der Waals surface area (Å²) in [5, 5.41) is 3.30. The number of amides is 1. The summed E-state index contributed by atoms with van der Waals surface area (Å²) in [4.78, 5) is 19.0. The molecule has 2 heterocycles. The van der Waals surface area contributed by atoms with Gasteiger partial charge in [0.2, 0.25) is 5.91 Å². The van der Waals surface area contributed by atoms with Crippen LogP contribution in [0.25, 0.3) is 0 Å². The molecule has 1 fully saturated rings. The van der Waals surface area contributed by atoms with Gasteiger partial charge < -0.3 is 10.2 Å². The van der Waals surface area contributed by atoms with Crippen molar-refractivity contribution < 1.29 is 18.0 Å². The Hall–Kier alpha value is -2.41. The Balaban J connectivity index is 1.70. The summed E-state index contributed by atoms with van der Waals surface area (Å²) in [5.41, 5.74) is 1.01. The predicted octanol–water partition coefficient (Wildman–Crippen LogP) is 3.45. The number of carbonyl (C=O) groups is 1. The summed E-state index contributed by atoms with van der Waals surface area (Å²) in [6.07, 6.45) is -0.490. The second-order valence-electron chi connectivity index (χ2n) is 6.84. The Bertz CT molecular complexity index is 762. The van der Waals surface area contributed by atoms with Gasteiger partial charge in [-0.05, 0) is 35.7 Å². The van der Waals surface area contributed by atoms with Crippen LogP contribution in [0.2, 0.25) is 0 Å². The van der Waals surface area contributed by atoms with Gasteiger partial charge in [0.05, 0.1) is 11.6 Å². The largest absolute Gasteiger partial charge is 0.416 e. The zero-order chi connectivity index (χ0) is 19.4. The highest BCUT2D eigenvalue weighted by Gasteiger charge is 2.32. The molecular formula is C20H22F3N3O. The van der Waals surface area contributed by atoms with E-state index < -0.39 is 11.7 Å². The number of alkyl halides is 3. The Morgan fingerprint density at radius 3 is 2.67 bits per heavy atom. The smallest absolute Gasteiger partial charge is 0.333 e. The van der Waals surface area contributed by atoms with Crippen molar-refractivity contribution in [3.8, 4) is 0 Å². The molecule has 1 aliphatic rings. The lowest BCUT2D eigenvalue weighted by Crippen LogP contribution is -2.50. The number of nitrogens with zero attached hydrogens (tertiary/aromatic N) is 2. The Labute approximate surface area is 156 Å². The van der Waals surface area contributed by atoms with Crippen LogP contribution >= 0.6 is 0 Å². The molecule has 1 aromatic carbocycles. The van der Waals surface area contributed by atoms with Gasteiger partial charge in [-0.2, -0.15) is 13.2 Å². The molecule has 2 aromatic rings. The molecule has 0 spiro atoms. The molecule has 1 aliphatic heterocycles. The third-order valence-electron chi connectivity index (χ3n) is 4.84. The summed E-state index contributed by atoms with van der Waals surface area (Å²) in [5.74, 6) is -0.316. The van der Waals surface area contributed by atoms with E-state index in [9.17, 15) is 18.0 Å². The number of hydrogen-bond acceptors (Lipinski definition) is 3. The average molecular weight is 377 g/mol. The maximum atomic E-state index is 13.0. The molecule has 144 valence electrons. The van der Waals surface area contributed by atoms with E-state index in [1.807, 2.05) is 24.0 Å². The summed E-state index contributed by atoms with van der Waals surface area (Å²) in [6, 6.07) is 8.73. The van der Waals surface area contributed by atoms with Crippen LogP contribution in [0.5, 0.6) is 0 Å². The van der Waals surface area contributed by atoms with Crippen molar-refractivity contribution in [2.75, 3.05) is 19.6 Å². The zero-order valence-corrected chi connectivity index (χ0v) is 15.0. The van der Waals surface area contributed by atoms with Crippen molar-refractivity contribution >= 4 is 5.91 Å². The number of nitrogens with one attached hydrogen (secondary N) is 1. The van der Waals surface area contributed by atoms with Crippen molar-refractivity contribution in [1.82, 2.24) is 15.2 Å². The fraction of sp³-hybridized carbons (Fsp3) is 0.400. The van der Waals surface area contributed by atoms with Crippen LogP contribution in [-0.2, 0) is 17.4 Å². The van der Waals surface area contributed by atoms with Crippen LogP contribution in [0.15, 0.2) is 48.8 Å². The highest BCUT2D eigenvalue weighted by atomic mass is 19.4. The number of rotatable bonds is 4. The number of carbonyl (C=O) groups excluding carboxylic acids is 1. The molecular weight excluding hydrogens is 355 g/mol. The molecule has 0 radical (unpaired) electrons. The van der Waals surface area contributed by atoms with Gasteiger partial charge in [0.15, 0.2) is 0 Å². The van der Waals surface area contributed by atoms with Gasteiger partial charge >= 0.3 is 6.18 Å². The van der Waals surface area contributed by atoms with Crippen molar-refractivity contribution in [3.05, 3.63) is 65.5 Å². The Morgan fingerprint density at radius 2 is 2.04 bits per heavy atom. The zero-order valence-electron chi connectivity index (χ0n) is 15.0. The monoisotopic (exact) mass is 377 g/mol. The fourth-order valence-corrected chi connectivity index (χ4v) is 3.39. The number of pyridine rings is 1. The van der Waals surface area contributed by atoms with Crippen LogP contribution in [0.3, 0.4) is 0 Å². The second-order valence-corrected chi connectivity index (χ2v) is 6.84. The standard InChI is InChI=1S/C20H22F3N3O/c1-14(11-15-4-6-17(7-5-15)20(21,22)23)19(27)26-10-9-25-13-18(26)16-3-2-8-24-12-16/h2-8,12,14,18,25H,9-11,13H2,1H3. The van der Waals surface area contributed by atoms with Crippen LogP contribution in [0.1, 0.15) is 29.7 Å². The topological polar surface area (TPSA) is 45.2 Å². The van der Waals surface area contributed by atoms with Gasteiger partial charge in [0, 0.05) is 37.9 Å². The van der Waals surface area contributed by atoms with E-state index in [0.29, 0.717) is 19.5 Å². The summed E-state index contributed by atoms with van der Waals surface area (Å²) in [7, 11) is 0. The molecule has 4 nitrogen and oxygen atoms in total. The SMILES string of the molecule is CC(Cc1ccc(C(F)(F)F)cc1)C(=O)N1CCNCC1c1cccnc1. The van der Waals surface area contributed by atoms with Crippen molar-refractivity contribution in [1.29, 1.82) is 0 Å². The number of benzene rings is 1. The van der Waals surface area contributed by atoms with Crippen LogP contribution in [0, 0.1) is 5.92 Å². The molecule has 7 heteroatoms. The quantitative estimate of drug-likeness (QED) is 0.888. The van der Waals surface area contributed by atoms with Gasteiger partial charge in [-0.15, -0.1) is 0 Å². The number of halogens is 3. The molecule has 0 aliphatic carbocycles. The lowest BCUT2D eigenvalue weighted by molar-refractivity contribution is -0.139. The summed E-state index contributed by atoms with van der Waals surface area (Å²) in [6.45, 7) is 3.79. The van der Waals surface area contributed by atoms with Crippen molar-refractivity contribution in [3.63, 3.8) is 0 Å². The first-order valence-electron chi connectivity index (χ1n) is 8.93. The maximum Gasteiger partial charge on any atom is 0.416 e.